The molecule has 1 aromatic heterocycles. The number of halogens is 1. The molecule has 0 radical (unpaired) electrons. The molecule has 2 aromatic rings. The first-order valence-corrected chi connectivity index (χ1v) is 6.12. The minimum atomic E-state index is 0.605. The summed E-state index contributed by atoms with van der Waals surface area (Å²) in [5, 5.41) is 0. The van der Waals surface area contributed by atoms with Crippen molar-refractivity contribution in [3.05, 3.63) is 52.8 Å². The number of rotatable bonds is 4. The molecule has 3 nitrogen and oxygen atoms in total. The maximum absolute atomic E-state index is 5.70. The quantitative estimate of drug-likeness (QED) is 0.881. The van der Waals surface area contributed by atoms with E-state index >= 15 is 0 Å². The van der Waals surface area contributed by atoms with Crippen molar-refractivity contribution in [1.82, 2.24) is 4.98 Å². The van der Waals surface area contributed by atoms with Crippen LogP contribution in [0.15, 0.2) is 47.2 Å². The molecule has 1 aromatic carbocycles. The molecule has 2 N–H and O–H groups in total. The van der Waals surface area contributed by atoms with Gasteiger partial charge >= 0.3 is 0 Å². The third kappa shape index (κ3) is 3.46. The van der Waals surface area contributed by atoms with Crippen LogP contribution in [0.3, 0.4) is 0 Å². The van der Waals surface area contributed by atoms with Crippen LogP contribution in [0.5, 0.6) is 5.75 Å². The zero-order valence-corrected chi connectivity index (χ0v) is 10.9. The zero-order valence-electron chi connectivity index (χ0n) is 9.27. The molecule has 0 fully saturated rings. The van der Waals surface area contributed by atoms with Crippen LogP contribution in [0.1, 0.15) is 5.56 Å². The lowest BCUT2D eigenvalue weighted by Gasteiger charge is -2.08. The van der Waals surface area contributed by atoms with Crippen molar-refractivity contribution >= 4 is 21.6 Å². The monoisotopic (exact) mass is 292 g/mol. The summed E-state index contributed by atoms with van der Waals surface area (Å²) >= 11 is 3.42. The summed E-state index contributed by atoms with van der Waals surface area (Å²) in [6, 6.07) is 9.48. The number of ether oxygens (including phenoxy) is 1. The minimum Gasteiger partial charge on any atom is -0.492 e. The van der Waals surface area contributed by atoms with Gasteiger partial charge in [0, 0.05) is 30.6 Å². The van der Waals surface area contributed by atoms with Crippen LogP contribution in [-0.4, -0.2) is 11.6 Å². The van der Waals surface area contributed by atoms with Gasteiger partial charge in [-0.15, -0.1) is 0 Å². The van der Waals surface area contributed by atoms with E-state index in [9.17, 15) is 0 Å². The number of anilines is 1. The zero-order chi connectivity index (χ0) is 12.1. The summed E-state index contributed by atoms with van der Waals surface area (Å²) in [4.78, 5) is 4.06. The van der Waals surface area contributed by atoms with Gasteiger partial charge in [-0.25, -0.2) is 0 Å². The highest BCUT2D eigenvalue weighted by molar-refractivity contribution is 9.10. The second-order valence-electron chi connectivity index (χ2n) is 3.65. The first kappa shape index (κ1) is 11.9. The van der Waals surface area contributed by atoms with E-state index < -0.39 is 0 Å². The number of nitrogens with two attached hydrogens (primary N) is 1. The van der Waals surface area contributed by atoms with Crippen molar-refractivity contribution in [3.63, 3.8) is 0 Å². The molecule has 1 heterocycles. The molecule has 0 aliphatic rings. The highest BCUT2D eigenvalue weighted by atomic mass is 79.9. The lowest BCUT2D eigenvalue weighted by molar-refractivity contribution is 0.320. The van der Waals surface area contributed by atoms with E-state index in [2.05, 4.69) is 20.9 Å². The number of benzene rings is 1. The predicted molar refractivity (Wildman–Crippen MR) is 72.0 cm³/mol. The van der Waals surface area contributed by atoms with Crippen molar-refractivity contribution in [2.45, 2.75) is 6.42 Å². The average Bonchev–Trinajstić information content (AvgIpc) is 2.35. The largest absolute Gasteiger partial charge is 0.492 e. The second kappa shape index (κ2) is 5.68. The Morgan fingerprint density at radius 1 is 1.29 bits per heavy atom. The summed E-state index contributed by atoms with van der Waals surface area (Å²) in [7, 11) is 0. The molecule has 0 saturated carbocycles. The van der Waals surface area contributed by atoms with Crippen LogP contribution < -0.4 is 10.5 Å². The summed E-state index contributed by atoms with van der Waals surface area (Å²) < 4.78 is 6.58. The van der Waals surface area contributed by atoms with Crippen molar-refractivity contribution in [2.75, 3.05) is 12.3 Å². The summed E-state index contributed by atoms with van der Waals surface area (Å²) in [5.74, 6) is 0.772. The SMILES string of the molecule is Nc1ccc(Br)c(OCCc2cccnc2)c1. The molecule has 0 saturated heterocycles. The molecule has 0 unspecified atom stereocenters. The Bertz CT molecular complexity index is 488. The lowest BCUT2D eigenvalue weighted by Crippen LogP contribution is -2.02. The fourth-order valence-corrected chi connectivity index (χ4v) is 1.82. The molecule has 0 bridgehead atoms. The standard InChI is InChI=1S/C13H13BrN2O/c14-12-4-3-11(15)8-13(12)17-7-5-10-2-1-6-16-9-10/h1-4,6,8-9H,5,7,15H2. The fraction of sp³-hybridized carbons (Fsp3) is 0.154. The van der Waals surface area contributed by atoms with E-state index in [-0.39, 0.29) is 0 Å². The maximum atomic E-state index is 5.70. The van der Waals surface area contributed by atoms with Crippen LogP contribution in [0.25, 0.3) is 0 Å². The smallest absolute Gasteiger partial charge is 0.135 e. The molecule has 0 atom stereocenters. The fourth-order valence-electron chi connectivity index (χ4n) is 1.46. The second-order valence-corrected chi connectivity index (χ2v) is 4.50. The molecule has 0 amide bonds. The van der Waals surface area contributed by atoms with Gasteiger partial charge in [-0.1, -0.05) is 6.07 Å². The Balaban J connectivity index is 1.92. The molecule has 0 spiro atoms. The van der Waals surface area contributed by atoms with Gasteiger partial charge in [0.05, 0.1) is 11.1 Å². The maximum Gasteiger partial charge on any atom is 0.135 e. The summed E-state index contributed by atoms with van der Waals surface area (Å²) in [6.45, 7) is 0.605. The molecule has 0 aliphatic heterocycles. The lowest BCUT2D eigenvalue weighted by atomic mass is 10.2. The summed E-state index contributed by atoms with van der Waals surface area (Å²) in [5.41, 5.74) is 7.56. The topological polar surface area (TPSA) is 48.1 Å². The van der Waals surface area contributed by atoms with E-state index in [0.29, 0.717) is 12.3 Å². The van der Waals surface area contributed by atoms with Crippen LogP contribution >= 0.6 is 15.9 Å². The van der Waals surface area contributed by atoms with Gasteiger partial charge in [-0.3, -0.25) is 4.98 Å². The molecule has 4 heteroatoms. The van der Waals surface area contributed by atoms with E-state index in [1.807, 2.05) is 36.5 Å². The van der Waals surface area contributed by atoms with E-state index in [4.69, 9.17) is 10.5 Å². The number of nitrogens with zero attached hydrogens (tertiary/aromatic N) is 1. The van der Waals surface area contributed by atoms with Crippen molar-refractivity contribution in [1.29, 1.82) is 0 Å². The Morgan fingerprint density at radius 2 is 2.18 bits per heavy atom. The van der Waals surface area contributed by atoms with Crippen molar-refractivity contribution < 1.29 is 4.74 Å². The number of hydrogen-bond acceptors (Lipinski definition) is 3. The predicted octanol–water partition coefficient (Wildman–Crippen LogP) is 3.05. The van der Waals surface area contributed by atoms with E-state index in [1.54, 1.807) is 6.20 Å². The molecule has 88 valence electrons. The third-order valence-corrected chi connectivity index (χ3v) is 2.98. The van der Waals surface area contributed by atoms with Gasteiger partial charge in [0.15, 0.2) is 0 Å². The van der Waals surface area contributed by atoms with Gasteiger partial charge in [0.2, 0.25) is 0 Å². The van der Waals surface area contributed by atoms with Crippen LogP contribution in [0, 0.1) is 0 Å². The van der Waals surface area contributed by atoms with Gasteiger partial charge in [0.25, 0.3) is 0 Å². The van der Waals surface area contributed by atoms with Gasteiger partial charge < -0.3 is 10.5 Å². The average molecular weight is 293 g/mol. The molecular formula is C13H13BrN2O. The Hall–Kier alpha value is -1.55. The highest BCUT2D eigenvalue weighted by Crippen LogP contribution is 2.27. The van der Waals surface area contributed by atoms with E-state index in [0.717, 1.165) is 22.2 Å². The van der Waals surface area contributed by atoms with Crippen LogP contribution in [0.4, 0.5) is 5.69 Å². The van der Waals surface area contributed by atoms with Gasteiger partial charge in [-0.2, -0.15) is 0 Å². The molecular weight excluding hydrogens is 280 g/mol. The molecule has 2 rings (SSSR count). The summed E-state index contributed by atoms with van der Waals surface area (Å²) in [6.07, 6.45) is 4.44. The Kier molecular flexibility index (Phi) is 3.98. The molecule has 0 aliphatic carbocycles. The Labute approximate surface area is 109 Å². The number of pyridine rings is 1. The van der Waals surface area contributed by atoms with Crippen molar-refractivity contribution in [3.8, 4) is 5.75 Å². The first-order chi connectivity index (χ1) is 8.25. The Morgan fingerprint density at radius 3 is 2.94 bits per heavy atom. The normalized spacial score (nSPS) is 10.2. The third-order valence-electron chi connectivity index (χ3n) is 2.33. The number of hydrogen-bond donors (Lipinski definition) is 1. The number of aromatic nitrogens is 1. The minimum absolute atomic E-state index is 0.605. The first-order valence-electron chi connectivity index (χ1n) is 5.32. The van der Waals surface area contributed by atoms with Gasteiger partial charge in [0.1, 0.15) is 5.75 Å². The van der Waals surface area contributed by atoms with Crippen LogP contribution in [0.2, 0.25) is 0 Å². The van der Waals surface area contributed by atoms with Crippen LogP contribution in [-0.2, 0) is 6.42 Å². The van der Waals surface area contributed by atoms with E-state index in [1.165, 1.54) is 0 Å². The van der Waals surface area contributed by atoms with Gasteiger partial charge in [-0.05, 0) is 39.7 Å². The highest BCUT2D eigenvalue weighted by Gasteiger charge is 2.01. The number of nitrogen functional groups attached to an aromatic ring is 1. The van der Waals surface area contributed by atoms with Crippen molar-refractivity contribution in [2.24, 2.45) is 0 Å². The molecule has 17 heavy (non-hydrogen) atoms.